The molecular formula is C60H40N4O2S. The summed E-state index contributed by atoms with van der Waals surface area (Å²) < 4.78 is 30.9. The van der Waals surface area contributed by atoms with Gasteiger partial charge in [0.15, 0.2) is 11.6 Å². The molecule has 67 heavy (non-hydrogen) atoms. The Kier molecular flexibility index (Phi) is 8.46. The van der Waals surface area contributed by atoms with Gasteiger partial charge in [0.25, 0.3) is 0 Å². The molecule has 0 amide bonds. The highest BCUT2D eigenvalue weighted by Crippen LogP contribution is 2.62. The predicted molar refractivity (Wildman–Crippen MR) is 265 cm³/mol. The van der Waals surface area contributed by atoms with Crippen molar-refractivity contribution in [3.8, 4) is 78.7 Å². The molecule has 2 aromatic heterocycles. The highest BCUT2D eigenvalue weighted by atomic mass is 32.2. The zero-order valence-electron chi connectivity index (χ0n) is 36.6. The second kappa shape index (κ2) is 14.4. The standard InChI is InChI=1S/C60H40N4O2S/c1-59(2)47-25-13-11-24-44(47)46-32-52-56(33-50(46)59)67(65,66)55-28-16-15-27-49(55)60(52)48-26-14-12-23-43(48)41-21-9-10-22-42(41)45-30-29-39(31-51(45)60)58-63-53(37-17-5-3-6-18-37)34-54(64-58)40-35-61-57(62-36-40)38-19-7-4-8-20-38/h3-36H,1-2H3. The van der Waals surface area contributed by atoms with Crippen LogP contribution in [0.15, 0.2) is 216 Å². The summed E-state index contributed by atoms with van der Waals surface area (Å²) >= 11 is 0. The Bertz CT molecular complexity index is 3790. The lowest BCUT2D eigenvalue weighted by Gasteiger charge is -2.43. The van der Waals surface area contributed by atoms with Crippen LogP contribution in [-0.2, 0) is 20.7 Å². The topological polar surface area (TPSA) is 85.7 Å². The fourth-order valence-electron chi connectivity index (χ4n) is 11.1. The zero-order chi connectivity index (χ0) is 45.1. The molecule has 2 aliphatic carbocycles. The lowest BCUT2D eigenvalue weighted by Crippen LogP contribution is -2.38. The summed E-state index contributed by atoms with van der Waals surface area (Å²) in [7, 11) is -4.01. The third kappa shape index (κ3) is 5.65. The van der Waals surface area contributed by atoms with Crippen molar-refractivity contribution in [3.05, 3.63) is 240 Å². The van der Waals surface area contributed by atoms with Crippen LogP contribution in [0.4, 0.5) is 0 Å². The van der Waals surface area contributed by atoms with Gasteiger partial charge in [0.2, 0.25) is 9.84 Å². The van der Waals surface area contributed by atoms with Gasteiger partial charge in [0.05, 0.1) is 26.6 Å². The van der Waals surface area contributed by atoms with E-state index in [-0.39, 0.29) is 0 Å². The Morgan fingerprint density at radius 1 is 0.358 bits per heavy atom. The van der Waals surface area contributed by atoms with E-state index in [0.29, 0.717) is 32.7 Å². The number of sulfone groups is 1. The molecule has 1 unspecified atom stereocenters. The number of hydrogen-bond donors (Lipinski definition) is 0. The van der Waals surface area contributed by atoms with Crippen molar-refractivity contribution in [2.24, 2.45) is 0 Å². The first kappa shape index (κ1) is 39.3. The molecule has 1 aliphatic heterocycles. The number of benzene rings is 8. The lowest BCUT2D eigenvalue weighted by molar-refractivity contribution is 0.577. The van der Waals surface area contributed by atoms with Gasteiger partial charge in [-0.05, 0) is 97.1 Å². The average molecular weight is 881 g/mol. The Hall–Kier alpha value is -8.13. The van der Waals surface area contributed by atoms with Crippen molar-refractivity contribution in [2.45, 2.75) is 34.5 Å². The summed E-state index contributed by atoms with van der Waals surface area (Å²) in [6.07, 6.45) is 3.65. The molecule has 6 nitrogen and oxygen atoms in total. The van der Waals surface area contributed by atoms with Crippen molar-refractivity contribution in [3.63, 3.8) is 0 Å². The quantitative estimate of drug-likeness (QED) is 0.175. The van der Waals surface area contributed by atoms with Crippen molar-refractivity contribution in [1.29, 1.82) is 0 Å². The Morgan fingerprint density at radius 3 is 1.58 bits per heavy atom. The van der Waals surface area contributed by atoms with E-state index in [2.05, 4.69) is 123 Å². The van der Waals surface area contributed by atoms with Crippen LogP contribution < -0.4 is 0 Å². The SMILES string of the molecule is CC1(C)c2ccccc2-c2cc3c(cc21)S(=O)(=O)c1ccccc1C31c2ccccc2-c2ccccc2-c2ccc(-c3nc(-c4ccccc4)cc(-c4cnc(-c5ccccc5)nc4)n3)cc21. The molecule has 0 radical (unpaired) electrons. The van der Waals surface area contributed by atoms with E-state index >= 15 is 8.42 Å². The van der Waals surface area contributed by atoms with Gasteiger partial charge in [0, 0.05) is 40.1 Å². The van der Waals surface area contributed by atoms with Crippen LogP contribution in [0.5, 0.6) is 0 Å². The van der Waals surface area contributed by atoms with E-state index in [1.165, 1.54) is 5.56 Å². The van der Waals surface area contributed by atoms with Gasteiger partial charge in [-0.2, -0.15) is 0 Å². The van der Waals surface area contributed by atoms with Crippen molar-refractivity contribution >= 4 is 9.84 Å². The largest absolute Gasteiger partial charge is 0.236 e. The summed E-state index contributed by atoms with van der Waals surface area (Å²) in [4.78, 5) is 20.8. The Morgan fingerprint density at radius 2 is 0.896 bits per heavy atom. The van der Waals surface area contributed by atoms with Crippen molar-refractivity contribution in [2.75, 3.05) is 0 Å². The third-order valence-corrected chi connectivity index (χ3v) is 16.1. The highest BCUT2D eigenvalue weighted by Gasteiger charge is 2.53. The monoisotopic (exact) mass is 880 g/mol. The van der Waals surface area contributed by atoms with Crippen LogP contribution in [0, 0.1) is 0 Å². The molecule has 13 rings (SSSR count). The highest BCUT2D eigenvalue weighted by molar-refractivity contribution is 7.91. The van der Waals surface area contributed by atoms with Gasteiger partial charge in [-0.25, -0.2) is 28.4 Å². The maximum absolute atomic E-state index is 15.4. The first-order valence-corrected chi connectivity index (χ1v) is 24.0. The Labute approximate surface area is 389 Å². The van der Waals surface area contributed by atoms with E-state index in [4.69, 9.17) is 19.9 Å². The maximum Gasteiger partial charge on any atom is 0.207 e. The number of fused-ring (bicyclic) bond motifs is 14. The summed E-state index contributed by atoms with van der Waals surface area (Å²) in [5.41, 5.74) is 15.2. The van der Waals surface area contributed by atoms with Crippen LogP contribution in [0.1, 0.15) is 47.2 Å². The molecule has 3 aliphatic rings. The second-order valence-electron chi connectivity index (χ2n) is 18.2. The molecule has 10 aromatic rings. The smallest absolute Gasteiger partial charge is 0.207 e. The minimum Gasteiger partial charge on any atom is -0.236 e. The molecule has 3 heterocycles. The molecule has 1 spiro atoms. The lowest BCUT2D eigenvalue weighted by atomic mass is 9.62. The van der Waals surface area contributed by atoms with Gasteiger partial charge >= 0.3 is 0 Å². The van der Waals surface area contributed by atoms with E-state index in [0.717, 1.165) is 83.6 Å². The van der Waals surface area contributed by atoms with Gasteiger partial charge < -0.3 is 0 Å². The third-order valence-electron chi connectivity index (χ3n) is 14.3. The molecule has 0 N–H and O–H groups in total. The van der Waals surface area contributed by atoms with E-state index in [1.807, 2.05) is 91.3 Å². The van der Waals surface area contributed by atoms with Gasteiger partial charge in [-0.1, -0.05) is 178 Å². The first-order chi connectivity index (χ1) is 32.7. The summed E-state index contributed by atoms with van der Waals surface area (Å²) in [6.45, 7) is 4.40. The van der Waals surface area contributed by atoms with Crippen LogP contribution in [0.2, 0.25) is 0 Å². The van der Waals surface area contributed by atoms with Crippen LogP contribution in [0.25, 0.3) is 78.7 Å². The van der Waals surface area contributed by atoms with Gasteiger partial charge in [-0.3, -0.25) is 0 Å². The number of hydrogen-bond acceptors (Lipinski definition) is 6. The van der Waals surface area contributed by atoms with E-state index in [9.17, 15) is 0 Å². The van der Waals surface area contributed by atoms with Crippen molar-refractivity contribution < 1.29 is 8.42 Å². The van der Waals surface area contributed by atoms with Gasteiger partial charge in [-0.15, -0.1) is 0 Å². The number of nitrogens with zero attached hydrogens (tertiary/aromatic N) is 4. The molecule has 7 heteroatoms. The molecule has 318 valence electrons. The van der Waals surface area contributed by atoms with Crippen LogP contribution >= 0.6 is 0 Å². The van der Waals surface area contributed by atoms with E-state index < -0.39 is 20.7 Å². The molecule has 0 saturated carbocycles. The molecule has 1 atom stereocenters. The number of rotatable bonds is 4. The molecule has 8 aromatic carbocycles. The summed E-state index contributed by atoms with van der Waals surface area (Å²) in [5, 5.41) is 0. The average Bonchev–Trinajstić information content (AvgIpc) is 3.54. The minimum absolute atomic E-state index is 0.302. The summed E-state index contributed by atoms with van der Waals surface area (Å²) in [6, 6.07) is 66.0. The van der Waals surface area contributed by atoms with Crippen LogP contribution in [0.3, 0.4) is 0 Å². The molecule has 0 saturated heterocycles. The molecular weight excluding hydrogens is 841 g/mol. The summed E-state index contributed by atoms with van der Waals surface area (Å²) in [5.74, 6) is 1.15. The first-order valence-electron chi connectivity index (χ1n) is 22.5. The zero-order valence-corrected chi connectivity index (χ0v) is 37.5. The maximum atomic E-state index is 15.4. The number of aromatic nitrogens is 4. The predicted octanol–water partition coefficient (Wildman–Crippen LogP) is 13.4. The van der Waals surface area contributed by atoms with Crippen molar-refractivity contribution in [1.82, 2.24) is 19.9 Å². The fourth-order valence-corrected chi connectivity index (χ4v) is 12.9. The fraction of sp³-hybridized carbons (Fsp3) is 0.0667. The normalized spacial score (nSPS) is 16.3. The van der Waals surface area contributed by atoms with Gasteiger partial charge in [0.1, 0.15) is 0 Å². The van der Waals surface area contributed by atoms with E-state index in [1.54, 1.807) is 6.07 Å². The Balaban J connectivity index is 1.13. The second-order valence-corrected chi connectivity index (χ2v) is 20.0. The van der Waals surface area contributed by atoms with Crippen LogP contribution in [-0.4, -0.2) is 28.4 Å². The minimum atomic E-state index is -4.01. The molecule has 0 bridgehead atoms. The molecule has 0 fully saturated rings.